The van der Waals surface area contributed by atoms with Crippen LogP contribution in [0.15, 0.2) is 36.5 Å². The second kappa shape index (κ2) is 36.8. The van der Waals surface area contributed by atoms with E-state index in [9.17, 15) is 19.0 Å². The van der Waals surface area contributed by atoms with E-state index < -0.39 is 32.5 Å². The Labute approximate surface area is 361 Å². The number of quaternary nitrogens is 1. The zero-order chi connectivity index (χ0) is 43.3. The third-order valence-corrected chi connectivity index (χ3v) is 11.6. The fourth-order valence-corrected chi connectivity index (χ4v) is 7.49. The lowest BCUT2D eigenvalue weighted by molar-refractivity contribution is -0.870. The highest BCUT2D eigenvalue weighted by Gasteiger charge is 2.36. The van der Waals surface area contributed by atoms with Crippen molar-refractivity contribution in [3.05, 3.63) is 36.5 Å². The monoisotopic (exact) mass is 855 g/mol. The van der Waals surface area contributed by atoms with Crippen LogP contribution in [-0.2, 0) is 37.4 Å². The molecule has 59 heavy (non-hydrogen) atoms. The van der Waals surface area contributed by atoms with Gasteiger partial charge in [-0.15, -0.1) is 0 Å². The number of epoxide rings is 1. The molecule has 1 saturated heterocycles. The Kier molecular flexibility index (Phi) is 34.4. The van der Waals surface area contributed by atoms with Crippen molar-refractivity contribution in [2.45, 2.75) is 212 Å². The first-order chi connectivity index (χ1) is 28.5. The number of hydrogen-bond acceptors (Lipinski definition) is 8. The van der Waals surface area contributed by atoms with Crippen molar-refractivity contribution in [2.75, 3.05) is 47.5 Å². The minimum Gasteiger partial charge on any atom is -0.462 e. The third kappa shape index (κ3) is 37.7. The summed E-state index contributed by atoms with van der Waals surface area (Å²) in [6.45, 7) is 4.34. The number of nitrogens with zero attached hydrogens (tertiary/aromatic N) is 1. The van der Waals surface area contributed by atoms with Gasteiger partial charge in [-0.3, -0.25) is 18.6 Å². The van der Waals surface area contributed by atoms with Crippen LogP contribution in [0.4, 0.5) is 0 Å². The van der Waals surface area contributed by atoms with Crippen molar-refractivity contribution in [1.82, 2.24) is 0 Å². The summed E-state index contributed by atoms with van der Waals surface area (Å²) in [6, 6.07) is 0. The van der Waals surface area contributed by atoms with Crippen LogP contribution in [0.3, 0.4) is 0 Å². The van der Waals surface area contributed by atoms with Gasteiger partial charge in [0.15, 0.2) is 6.10 Å². The van der Waals surface area contributed by atoms with E-state index in [1.807, 2.05) is 21.1 Å². The Balaban J connectivity index is 2.27. The molecule has 1 aliphatic heterocycles. The van der Waals surface area contributed by atoms with Crippen molar-refractivity contribution in [3.8, 4) is 0 Å². The van der Waals surface area contributed by atoms with Gasteiger partial charge in [-0.05, 0) is 44.9 Å². The molecule has 1 fully saturated rings. The minimum absolute atomic E-state index is 0.0221. The lowest BCUT2D eigenvalue weighted by atomic mass is 10.0. The number of likely N-dealkylation sites (N-methyl/N-ethyl adjacent to an activating group) is 1. The van der Waals surface area contributed by atoms with E-state index in [0.717, 1.165) is 38.5 Å². The quantitative estimate of drug-likeness (QED) is 0.0160. The summed E-state index contributed by atoms with van der Waals surface area (Å²) >= 11 is 0. The van der Waals surface area contributed by atoms with E-state index in [1.54, 1.807) is 0 Å². The van der Waals surface area contributed by atoms with Crippen molar-refractivity contribution in [3.63, 3.8) is 0 Å². The molecule has 0 aromatic heterocycles. The second-order valence-corrected chi connectivity index (χ2v) is 19.0. The third-order valence-electron chi connectivity index (χ3n) is 10.6. The molecule has 4 atom stereocenters. The summed E-state index contributed by atoms with van der Waals surface area (Å²) in [7, 11) is 1.45. The maximum Gasteiger partial charge on any atom is 0.472 e. The Morgan fingerprint density at radius 2 is 1.14 bits per heavy atom. The number of rotatable bonds is 42. The molecule has 0 bridgehead atoms. The van der Waals surface area contributed by atoms with E-state index in [-0.39, 0.29) is 26.1 Å². The maximum absolute atomic E-state index is 12.7. The van der Waals surface area contributed by atoms with Gasteiger partial charge in [-0.1, -0.05) is 172 Å². The molecular weight excluding hydrogens is 766 g/mol. The Morgan fingerprint density at radius 3 is 1.71 bits per heavy atom. The topological polar surface area (TPSA) is 121 Å². The average Bonchev–Trinajstić information content (AvgIpc) is 3.94. The number of phosphoric acid groups is 1. The molecule has 0 saturated carbocycles. The highest BCUT2D eigenvalue weighted by Crippen LogP contribution is 2.43. The standard InChI is InChI=1S/C48H88NO9P/c1-6-8-10-11-12-13-14-15-16-17-18-19-20-25-28-31-35-39-48(51)57-44(43-56-59(52,53)55-41-40-49(3,4)5)42-54-47(50)38-34-30-27-24-22-21-23-26-29-33-37-46-45(58-46)36-32-9-7-2/h21,23-24,27,29,33,44-46H,6-20,22,25-26,28,30-32,34-43H2,1-5H3/p+1/b23-21-,27-24-,33-29-/t44-,45?,46?/m1/s1. The molecular formula is C48H89NO9P+. The van der Waals surface area contributed by atoms with Gasteiger partial charge in [0.1, 0.15) is 19.8 Å². The van der Waals surface area contributed by atoms with Gasteiger partial charge in [-0.2, -0.15) is 0 Å². The molecule has 0 aromatic carbocycles. The van der Waals surface area contributed by atoms with Gasteiger partial charge in [0.2, 0.25) is 0 Å². The summed E-state index contributed by atoms with van der Waals surface area (Å²) < 4.78 is 40.1. The van der Waals surface area contributed by atoms with Gasteiger partial charge in [0.25, 0.3) is 0 Å². The van der Waals surface area contributed by atoms with Gasteiger partial charge in [0, 0.05) is 12.8 Å². The molecule has 11 heteroatoms. The van der Waals surface area contributed by atoms with E-state index >= 15 is 0 Å². The second-order valence-electron chi connectivity index (χ2n) is 17.5. The smallest absolute Gasteiger partial charge is 0.462 e. The molecule has 3 unspecified atom stereocenters. The zero-order valence-electron chi connectivity index (χ0n) is 38.4. The molecule has 1 rings (SSSR count). The van der Waals surface area contributed by atoms with Crippen LogP contribution in [0, 0.1) is 0 Å². The van der Waals surface area contributed by atoms with E-state index in [0.29, 0.717) is 36.1 Å². The fourth-order valence-electron chi connectivity index (χ4n) is 6.75. The van der Waals surface area contributed by atoms with Crippen molar-refractivity contribution in [1.29, 1.82) is 0 Å². The highest BCUT2D eigenvalue weighted by molar-refractivity contribution is 7.47. The summed E-state index contributed by atoms with van der Waals surface area (Å²) in [4.78, 5) is 35.4. The van der Waals surface area contributed by atoms with Crippen LogP contribution < -0.4 is 0 Å². The van der Waals surface area contributed by atoms with Crippen LogP contribution >= 0.6 is 7.82 Å². The molecule has 0 spiro atoms. The van der Waals surface area contributed by atoms with Crippen LogP contribution in [0.1, 0.15) is 194 Å². The van der Waals surface area contributed by atoms with Crippen LogP contribution in [0.2, 0.25) is 0 Å². The predicted molar refractivity (Wildman–Crippen MR) is 242 cm³/mol. The first kappa shape index (κ1) is 55.2. The van der Waals surface area contributed by atoms with Gasteiger partial charge < -0.3 is 23.6 Å². The van der Waals surface area contributed by atoms with Crippen molar-refractivity contribution in [2.24, 2.45) is 0 Å². The molecule has 0 aliphatic carbocycles. The lowest BCUT2D eigenvalue weighted by Crippen LogP contribution is -2.37. The number of carbonyl (C=O) groups excluding carboxylic acids is 2. The average molecular weight is 855 g/mol. The first-order valence-electron chi connectivity index (χ1n) is 23.8. The summed E-state index contributed by atoms with van der Waals surface area (Å²) in [5.41, 5.74) is 0. The number of unbranched alkanes of at least 4 members (excludes halogenated alkanes) is 19. The predicted octanol–water partition coefficient (Wildman–Crippen LogP) is 12.7. The fraction of sp³-hybridized carbons (Fsp3) is 0.833. The Hall–Kier alpha value is -1.81. The minimum atomic E-state index is -4.39. The number of hydrogen-bond donors (Lipinski definition) is 1. The molecule has 0 radical (unpaired) electrons. The van der Waals surface area contributed by atoms with E-state index in [2.05, 4.69) is 50.3 Å². The zero-order valence-corrected chi connectivity index (χ0v) is 39.3. The largest absolute Gasteiger partial charge is 0.472 e. The Bertz CT molecular complexity index is 1170. The number of carbonyl (C=O) groups is 2. The first-order valence-corrected chi connectivity index (χ1v) is 25.3. The number of phosphoric ester groups is 1. The van der Waals surface area contributed by atoms with Crippen LogP contribution in [-0.4, -0.2) is 87.1 Å². The van der Waals surface area contributed by atoms with Crippen LogP contribution in [0.5, 0.6) is 0 Å². The van der Waals surface area contributed by atoms with E-state index in [1.165, 1.54) is 116 Å². The number of esters is 2. The van der Waals surface area contributed by atoms with Gasteiger partial charge in [0.05, 0.1) is 40.0 Å². The molecule has 1 aliphatic rings. The lowest BCUT2D eigenvalue weighted by Gasteiger charge is -2.24. The summed E-state index contributed by atoms with van der Waals surface area (Å²) in [5.74, 6) is -0.863. The van der Waals surface area contributed by atoms with Gasteiger partial charge in [-0.25, -0.2) is 4.57 Å². The molecule has 0 aromatic rings. The van der Waals surface area contributed by atoms with Gasteiger partial charge >= 0.3 is 19.8 Å². The van der Waals surface area contributed by atoms with Crippen LogP contribution in [0.25, 0.3) is 0 Å². The highest BCUT2D eigenvalue weighted by atomic mass is 31.2. The summed E-state index contributed by atoms with van der Waals surface area (Å²) in [6.07, 6.45) is 43.7. The molecule has 0 amide bonds. The van der Waals surface area contributed by atoms with Crippen molar-refractivity contribution < 1.29 is 46.8 Å². The SMILES string of the molecule is CCCCCCCCCCCCCCCCCCCC(=O)O[C@H](COC(=O)CCC/C=C\C/C=C\C/C=C\CC1OC1CCCCC)COP(=O)(O)OCC[N+](C)(C)C. The number of ether oxygens (including phenoxy) is 3. The van der Waals surface area contributed by atoms with E-state index in [4.69, 9.17) is 23.3 Å². The molecule has 10 nitrogen and oxygen atoms in total. The molecule has 1 heterocycles. The number of allylic oxidation sites excluding steroid dienone is 5. The molecule has 344 valence electrons. The van der Waals surface area contributed by atoms with Crippen molar-refractivity contribution >= 4 is 19.8 Å². The molecule has 1 N–H and O–H groups in total. The summed E-state index contributed by atoms with van der Waals surface area (Å²) in [5, 5.41) is 0. The Morgan fingerprint density at radius 1 is 0.627 bits per heavy atom. The maximum atomic E-state index is 12.7. The normalized spacial score (nSPS) is 17.3.